The summed E-state index contributed by atoms with van der Waals surface area (Å²) < 4.78 is 33.4. The van der Waals surface area contributed by atoms with Gasteiger partial charge in [-0.1, -0.05) is 65.7 Å². The van der Waals surface area contributed by atoms with Gasteiger partial charge in [-0.15, -0.1) is 0 Å². The second kappa shape index (κ2) is 25.4. The molecule has 10 atom stereocenters. The quantitative estimate of drug-likeness (QED) is 0.0426. The first-order chi connectivity index (χ1) is 28.6. The predicted octanol–water partition coefficient (Wildman–Crippen LogP) is 9.61. The molecule has 4 N–H and O–H groups in total. The van der Waals surface area contributed by atoms with Crippen molar-refractivity contribution >= 4 is 19.4 Å². The first-order valence-electron chi connectivity index (χ1n) is 24.5. The summed E-state index contributed by atoms with van der Waals surface area (Å²) in [6.07, 6.45) is 23.9. The fraction of sp³-hybridized carbons (Fsp3) is 0.958. The number of unbranched alkanes of at least 4 members (excludes halogenated alkanes) is 8. The second-order valence-corrected chi connectivity index (χ2v) is 23.5. The number of amides is 2. The van der Waals surface area contributed by atoms with Crippen molar-refractivity contribution in [1.29, 1.82) is 0 Å². The van der Waals surface area contributed by atoms with Gasteiger partial charge in [0.1, 0.15) is 0 Å². The van der Waals surface area contributed by atoms with Crippen molar-refractivity contribution in [2.45, 2.75) is 188 Å². The molecule has 0 saturated heterocycles. The van der Waals surface area contributed by atoms with Crippen LogP contribution in [0.2, 0.25) is 0 Å². The second-order valence-electron chi connectivity index (χ2n) is 20.8. The fourth-order valence-electron chi connectivity index (χ4n) is 12.0. The van der Waals surface area contributed by atoms with Crippen LogP contribution in [0.25, 0.3) is 0 Å². The highest BCUT2D eigenvalue weighted by Gasteiger charge is 2.60. The maximum atomic E-state index is 12.8. The number of carbonyl (C=O) groups is 2. The zero-order chi connectivity index (χ0) is 43.7. The van der Waals surface area contributed by atoms with Crippen LogP contribution >= 0.6 is 7.60 Å². The molecule has 0 bridgehead atoms. The molecule has 4 fully saturated rings. The van der Waals surface area contributed by atoms with Crippen LogP contribution in [0.15, 0.2) is 0 Å². The molecule has 0 spiro atoms. The monoisotopic (exact) mass is 869 g/mol. The van der Waals surface area contributed by atoms with Crippen molar-refractivity contribution in [1.82, 2.24) is 10.6 Å². The van der Waals surface area contributed by atoms with Gasteiger partial charge in [-0.25, -0.2) is 0 Å². The van der Waals surface area contributed by atoms with E-state index in [9.17, 15) is 24.2 Å². The van der Waals surface area contributed by atoms with Gasteiger partial charge in [0.2, 0.25) is 11.8 Å². The average molecular weight is 869 g/mol. The molecule has 350 valence electrons. The molecule has 0 aliphatic heterocycles. The summed E-state index contributed by atoms with van der Waals surface area (Å²) in [6.45, 7) is 16.3. The molecular weight excluding hydrogens is 780 g/mol. The Hall–Kier alpha value is -1.07. The Morgan fingerprint density at radius 3 is 1.90 bits per heavy atom. The summed E-state index contributed by atoms with van der Waals surface area (Å²) in [5.41, 5.74) is 0.874. The predicted molar refractivity (Wildman–Crippen MR) is 240 cm³/mol. The molecule has 0 heterocycles. The van der Waals surface area contributed by atoms with Crippen LogP contribution in [0.3, 0.4) is 0 Å². The molecular formula is C48H89N2O9P. The third-order valence-corrected chi connectivity index (χ3v) is 18.0. The van der Waals surface area contributed by atoms with Crippen LogP contribution in [-0.4, -0.2) is 92.4 Å². The lowest BCUT2D eigenvalue weighted by molar-refractivity contribution is -0.129. The number of aliphatic hydroxyl groups excluding tert-OH is 1. The van der Waals surface area contributed by atoms with E-state index in [-0.39, 0.29) is 31.1 Å². The van der Waals surface area contributed by atoms with Crippen LogP contribution in [-0.2, 0) is 32.9 Å². The Labute approximate surface area is 365 Å². The number of carbonyl (C=O) groups excluding carboxylic acids is 2. The van der Waals surface area contributed by atoms with Gasteiger partial charge in [0, 0.05) is 25.9 Å². The topological polar surface area (TPSA) is 153 Å². The van der Waals surface area contributed by atoms with E-state index in [1.165, 1.54) is 83.5 Å². The van der Waals surface area contributed by atoms with E-state index in [0.717, 1.165) is 74.7 Å². The van der Waals surface area contributed by atoms with E-state index < -0.39 is 12.8 Å². The average Bonchev–Trinajstić information content (AvgIpc) is 3.56. The van der Waals surface area contributed by atoms with Gasteiger partial charge in [0.15, 0.2) is 0 Å². The molecule has 4 saturated carbocycles. The molecule has 11 nitrogen and oxygen atoms in total. The third-order valence-electron chi connectivity index (χ3n) is 15.8. The van der Waals surface area contributed by atoms with E-state index in [1.54, 1.807) is 20.8 Å². The van der Waals surface area contributed by atoms with E-state index in [4.69, 9.17) is 18.7 Å². The summed E-state index contributed by atoms with van der Waals surface area (Å²) in [4.78, 5) is 34.8. The lowest BCUT2D eigenvalue weighted by Gasteiger charge is -2.61. The Balaban J connectivity index is 0.889. The van der Waals surface area contributed by atoms with Gasteiger partial charge in [-0.2, -0.15) is 0 Å². The SMILES string of the molecule is C[C@H](CCC(=O)NCCCCCCCCCCCC(=O)NCCOCCOCCOCCOP(=O)(O)C(C)(C)C)C1CCC2C3CCC4C[C@H](O)CC[C@]4(C)C3CC[C@@]21C. The minimum absolute atomic E-state index is 0.0571. The van der Waals surface area contributed by atoms with Crippen molar-refractivity contribution in [3.8, 4) is 0 Å². The zero-order valence-electron chi connectivity index (χ0n) is 39.0. The van der Waals surface area contributed by atoms with Gasteiger partial charge in [-0.05, 0) is 144 Å². The van der Waals surface area contributed by atoms with Gasteiger partial charge in [-0.3, -0.25) is 14.2 Å². The van der Waals surface area contributed by atoms with Gasteiger partial charge in [0.05, 0.1) is 57.5 Å². The number of rotatable bonds is 29. The third kappa shape index (κ3) is 15.6. The highest BCUT2D eigenvalue weighted by molar-refractivity contribution is 7.54. The molecule has 0 aromatic rings. The van der Waals surface area contributed by atoms with Crippen LogP contribution in [0, 0.1) is 46.3 Å². The lowest BCUT2D eigenvalue weighted by Crippen LogP contribution is -2.54. The van der Waals surface area contributed by atoms with Crippen molar-refractivity contribution < 1.29 is 42.9 Å². The molecule has 6 unspecified atom stereocenters. The molecule has 60 heavy (non-hydrogen) atoms. The molecule has 4 aliphatic carbocycles. The smallest absolute Gasteiger partial charge is 0.333 e. The Bertz CT molecular complexity index is 1310. The van der Waals surface area contributed by atoms with Gasteiger partial charge >= 0.3 is 7.60 Å². The lowest BCUT2D eigenvalue weighted by atomic mass is 9.44. The van der Waals surface area contributed by atoms with Crippen molar-refractivity contribution in [3.05, 3.63) is 0 Å². The zero-order valence-corrected chi connectivity index (χ0v) is 39.8. The number of aliphatic hydroxyl groups is 1. The number of hydrogen-bond acceptors (Lipinski definition) is 8. The molecule has 4 aliphatic rings. The summed E-state index contributed by atoms with van der Waals surface area (Å²) in [7, 11) is -3.66. The van der Waals surface area contributed by atoms with Crippen LogP contribution < -0.4 is 10.6 Å². The van der Waals surface area contributed by atoms with E-state index in [0.29, 0.717) is 69.2 Å². The Morgan fingerprint density at radius 1 is 0.683 bits per heavy atom. The first kappa shape index (κ1) is 51.6. The molecule has 4 rings (SSSR count). The normalized spacial score (nSPS) is 30.5. The Kier molecular flexibility index (Phi) is 21.9. The van der Waals surface area contributed by atoms with E-state index in [1.807, 2.05) is 0 Å². The fourth-order valence-corrected chi connectivity index (χ4v) is 12.8. The van der Waals surface area contributed by atoms with E-state index >= 15 is 0 Å². The number of hydrogen-bond donors (Lipinski definition) is 4. The summed E-state index contributed by atoms with van der Waals surface area (Å²) in [5.74, 6) is 4.95. The highest BCUT2D eigenvalue weighted by atomic mass is 31.2. The maximum absolute atomic E-state index is 12.8. The van der Waals surface area contributed by atoms with Crippen molar-refractivity contribution in [3.63, 3.8) is 0 Å². The number of fused-ring (bicyclic) bond motifs is 5. The molecule has 2 amide bonds. The molecule has 0 radical (unpaired) electrons. The number of ether oxygens (including phenoxy) is 3. The van der Waals surface area contributed by atoms with E-state index in [2.05, 4.69) is 31.4 Å². The van der Waals surface area contributed by atoms with Crippen LogP contribution in [0.4, 0.5) is 0 Å². The summed E-state index contributed by atoms with van der Waals surface area (Å²) >= 11 is 0. The molecule has 0 aromatic carbocycles. The number of nitrogens with one attached hydrogen (secondary N) is 2. The van der Waals surface area contributed by atoms with Crippen molar-refractivity contribution in [2.75, 3.05) is 59.3 Å². The van der Waals surface area contributed by atoms with Gasteiger partial charge < -0.3 is 39.4 Å². The van der Waals surface area contributed by atoms with Crippen molar-refractivity contribution in [2.24, 2.45) is 46.3 Å². The molecule has 12 heteroatoms. The van der Waals surface area contributed by atoms with Crippen LogP contribution in [0.1, 0.15) is 176 Å². The first-order valence-corrected chi connectivity index (χ1v) is 26.1. The highest BCUT2D eigenvalue weighted by Crippen LogP contribution is 2.68. The van der Waals surface area contributed by atoms with Crippen LogP contribution in [0.5, 0.6) is 0 Å². The standard InChI is InChI=1S/C48H89N2O9P/c1-37(41-20-21-42-40-19-18-38-36-39(51)23-25-47(38,5)43(40)24-26-48(41,42)6)17-22-45(53)49-27-15-13-11-9-7-8-10-12-14-16-44(52)50-28-29-56-30-31-57-32-33-58-34-35-59-60(54,55)46(2,3)4/h37-43,51H,7-36H2,1-6H3,(H,49,53)(H,50,52)(H,54,55)/t37-,38?,39-,40?,41?,42?,43?,47+,48-/m1/s1. The summed E-state index contributed by atoms with van der Waals surface area (Å²) in [6, 6.07) is 0. The minimum atomic E-state index is -3.66. The summed E-state index contributed by atoms with van der Waals surface area (Å²) in [5, 5.41) is 15.7. The molecule has 0 aromatic heterocycles. The van der Waals surface area contributed by atoms with Gasteiger partial charge in [0.25, 0.3) is 0 Å². The minimum Gasteiger partial charge on any atom is -0.393 e. The largest absolute Gasteiger partial charge is 0.393 e. The maximum Gasteiger partial charge on any atom is 0.333 e. The Morgan fingerprint density at radius 2 is 1.23 bits per heavy atom.